The number of hydrogen-bond acceptors (Lipinski definition) is 3. The molecule has 1 saturated carbocycles. The number of nitrogens with one attached hydrogen (secondary N) is 1. The van der Waals surface area contributed by atoms with Crippen LogP contribution in [0.5, 0.6) is 0 Å². The van der Waals surface area contributed by atoms with Crippen LogP contribution in [0.2, 0.25) is 0 Å². The molecule has 1 heterocycles. The van der Waals surface area contributed by atoms with Crippen LogP contribution in [-0.4, -0.2) is 42.3 Å². The molecule has 1 aliphatic heterocycles. The third kappa shape index (κ3) is 4.96. The van der Waals surface area contributed by atoms with Crippen LogP contribution in [0.15, 0.2) is 18.2 Å². The molecule has 0 aromatic heterocycles. The number of hydrogen-bond donors (Lipinski definition) is 1. The zero-order valence-electron chi connectivity index (χ0n) is 16.7. The third-order valence-electron chi connectivity index (χ3n) is 6.57. The van der Waals surface area contributed by atoms with Crippen molar-refractivity contribution in [1.29, 1.82) is 0 Å². The first kappa shape index (κ1) is 20.9. The van der Waals surface area contributed by atoms with Gasteiger partial charge in [0.2, 0.25) is 5.91 Å². The summed E-state index contributed by atoms with van der Waals surface area (Å²) >= 11 is 0. The van der Waals surface area contributed by atoms with Gasteiger partial charge in [0.05, 0.1) is 12.1 Å². The summed E-state index contributed by atoms with van der Waals surface area (Å²) in [6, 6.07) is 3.23. The lowest BCUT2D eigenvalue weighted by atomic mass is 9.78. The van der Waals surface area contributed by atoms with Crippen LogP contribution in [0, 0.1) is 29.4 Å². The molecule has 1 amide bonds. The second-order valence-corrected chi connectivity index (χ2v) is 8.48. The normalized spacial score (nSPS) is 26.8. The van der Waals surface area contributed by atoms with E-state index in [4.69, 9.17) is 0 Å². The minimum absolute atomic E-state index is 0.0342. The molecule has 1 aliphatic carbocycles. The molecule has 4 nitrogen and oxygen atoms in total. The third-order valence-corrected chi connectivity index (χ3v) is 6.57. The molecule has 3 rings (SSSR count). The van der Waals surface area contributed by atoms with Gasteiger partial charge in [-0.05, 0) is 62.4 Å². The first-order valence-corrected chi connectivity index (χ1v) is 10.4. The summed E-state index contributed by atoms with van der Waals surface area (Å²) in [6.45, 7) is 5.99. The molecule has 1 N–H and O–H groups in total. The van der Waals surface area contributed by atoms with E-state index in [1.807, 2.05) is 4.90 Å². The molecule has 0 unspecified atom stereocenters. The summed E-state index contributed by atoms with van der Waals surface area (Å²) in [6.07, 6.45) is 4.52. The van der Waals surface area contributed by atoms with Crippen molar-refractivity contribution in [1.82, 2.24) is 10.2 Å². The highest BCUT2D eigenvalue weighted by Crippen LogP contribution is 2.29. The van der Waals surface area contributed by atoms with E-state index in [1.165, 1.54) is 6.42 Å². The summed E-state index contributed by atoms with van der Waals surface area (Å²) in [4.78, 5) is 27.0. The van der Waals surface area contributed by atoms with E-state index < -0.39 is 11.6 Å². The van der Waals surface area contributed by atoms with Crippen molar-refractivity contribution in [3.63, 3.8) is 0 Å². The number of ketones is 1. The van der Waals surface area contributed by atoms with Gasteiger partial charge >= 0.3 is 0 Å². The fourth-order valence-electron chi connectivity index (χ4n) is 4.50. The standard InChI is InChI=1S/C22H30F2N2O2/c1-14-4-3-5-20(15(14)2)25-21(27)13-26-10-8-16(9-11-26)22(28)18-12-17(23)6-7-19(18)24/h6-7,12,14-16,20H,3-5,8-11,13H2,1-2H3,(H,25,27)/t14-,15-,20+/m1/s1. The summed E-state index contributed by atoms with van der Waals surface area (Å²) < 4.78 is 27.2. The van der Waals surface area contributed by atoms with E-state index in [0.717, 1.165) is 31.0 Å². The molecular weight excluding hydrogens is 362 g/mol. The number of likely N-dealkylation sites (tertiary alicyclic amines) is 1. The van der Waals surface area contributed by atoms with Crippen LogP contribution in [0.3, 0.4) is 0 Å². The number of carbonyl (C=O) groups excluding carboxylic acids is 2. The Bertz CT molecular complexity index is 716. The van der Waals surface area contributed by atoms with Crippen LogP contribution in [0.1, 0.15) is 56.3 Å². The van der Waals surface area contributed by atoms with Crippen LogP contribution >= 0.6 is 0 Å². The fraction of sp³-hybridized carbons (Fsp3) is 0.636. The monoisotopic (exact) mass is 392 g/mol. The van der Waals surface area contributed by atoms with E-state index in [0.29, 0.717) is 44.3 Å². The lowest BCUT2D eigenvalue weighted by Crippen LogP contribution is -2.48. The Kier molecular flexibility index (Phi) is 6.81. The first-order chi connectivity index (χ1) is 13.3. The van der Waals surface area contributed by atoms with E-state index in [9.17, 15) is 18.4 Å². The number of nitrogens with zero attached hydrogens (tertiary/aromatic N) is 1. The molecule has 2 aliphatic rings. The highest BCUT2D eigenvalue weighted by atomic mass is 19.1. The van der Waals surface area contributed by atoms with Gasteiger partial charge in [-0.1, -0.05) is 26.7 Å². The Morgan fingerprint density at radius 1 is 1.11 bits per heavy atom. The van der Waals surface area contributed by atoms with E-state index in [2.05, 4.69) is 19.2 Å². The average molecular weight is 392 g/mol. The Hall–Kier alpha value is -1.82. The Morgan fingerprint density at radius 2 is 1.82 bits per heavy atom. The maximum absolute atomic E-state index is 13.9. The Morgan fingerprint density at radius 3 is 2.54 bits per heavy atom. The second-order valence-electron chi connectivity index (χ2n) is 8.48. The van der Waals surface area contributed by atoms with Crippen LogP contribution in [0.25, 0.3) is 0 Å². The molecule has 0 bridgehead atoms. The molecule has 1 aromatic rings. The van der Waals surface area contributed by atoms with Gasteiger partial charge in [-0.25, -0.2) is 8.78 Å². The first-order valence-electron chi connectivity index (χ1n) is 10.4. The van der Waals surface area contributed by atoms with Gasteiger partial charge in [-0.2, -0.15) is 0 Å². The van der Waals surface area contributed by atoms with Crippen LogP contribution in [0.4, 0.5) is 8.78 Å². The van der Waals surface area contributed by atoms with Crippen LogP contribution in [-0.2, 0) is 4.79 Å². The minimum atomic E-state index is -0.677. The fourth-order valence-corrected chi connectivity index (χ4v) is 4.50. The molecule has 0 spiro atoms. The predicted molar refractivity (Wildman–Crippen MR) is 104 cm³/mol. The van der Waals surface area contributed by atoms with E-state index in [1.54, 1.807) is 0 Å². The summed E-state index contributed by atoms with van der Waals surface area (Å²) in [5.41, 5.74) is -0.170. The lowest BCUT2D eigenvalue weighted by Gasteiger charge is -2.36. The predicted octanol–water partition coefficient (Wildman–Crippen LogP) is 3.80. The van der Waals surface area contributed by atoms with Crippen molar-refractivity contribution in [3.8, 4) is 0 Å². The summed E-state index contributed by atoms with van der Waals surface area (Å²) in [5.74, 6) is -0.798. The Labute approximate surface area is 165 Å². The largest absolute Gasteiger partial charge is 0.352 e. The van der Waals surface area contributed by atoms with Gasteiger partial charge < -0.3 is 5.32 Å². The van der Waals surface area contributed by atoms with Gasteiger partial charge in [-0.15, -0.1) is 0 Å². The number of Topliss-reactive ketones (excluding diaryl/α,β-unsaturated/α-hetero) is 1. The molecule has 6 heteroatoms. The van der Waals surface area contributed by atoms with Crippen molar-refractivity contribution in [2.24, 2.45) is 17.8 Å². The highest BCUT2D eigenvalue weighted by molar-refractivity contribution is 5.98. The SMILES string of the molecule is C[C@@H]1[C@H](C)CCC[C@@H]1NC(=O)CN1CCC(C(=O)c2cc(F)ccc2F)CC1. The maximum Gasteiger partial charge on any atom is 0.234 e. The van der Waals surface area contributed by atoms with Crippen molar-refractivity contribution in [3.05, 3.63) is 35.4 Å². The number of carbonyl (C=O) groups is 2. The smallest absolute Gasteiger partial charge is 0.234 e. The maximum atomic E-state index is 13.9. The number of rotatable bonds is 5. The van der Waals surface area contributed by atoms with E-state index in [-0.39, 0.29) is 29.2 Å². The van der Waals surface area contributed by atoms with Gasteiger partial charge in [0.1, 0.15) is 11.6 Å². The van der Waals surface area contributed by atoms with Gasteiger partial charge in [0.25, 0.3) is 0 Å². The highest BCUT2D eigenvalue weighted by Gasteiger charge is 2.30. The number of halogens is 2. The summed E-state index contributed by atoms with van der Waals surface area (Å²) in [5, 5.41) is 3.18. The van der Waals surface area contributed by atoms with Crippen molar-refractivity contribution in [2.45, 2.75) is 52.0 Å². The molecule has 0 radical (unpaired) electrons. The van der Waals surface area contributed by atoms with Crippen molar-refractivity contribution in [2.75, 3.05) is 19.6 Å². The molecular formula is C22H30F2N2O2. The number of piperidine rings is 1. The van der Waals surface area contributed by atoms with Gasteiger partial charge in [-0.3, -0.25) is 14.5 Å². The van der Waals surface area contributed by atoms with Crippen molar-refractivity contribution >= 4 is 11.7 Å². The van der Waals surface area contributed by atoms with Crippen molar-refractivity contribution < 1.29 is 18.4 Å². The molecule has 2 fully saturated rings. The second kappa shape index (κ2) is 9.12. The summed E-state index contributed by atoms with van der Waals surface area (Å²) in [7, 11) is 0. The number of benzene rings is 1. The topological polar surface area (TPSA) is 49.4 Å². The Balaban J connectivity index is 1.48. The number of amides is 1. The van der Waals surface area contributed by atoms with Crippen LogP contribution < -0.4 is 5.32 Å². The molecule has 28 heavy (non-hydrogen) atoms. The minimum Gasteiger partial charge on any atom is -0.352 e. The quantitative estimate of drug-likeness (QED) is 0.776. The lowest BCUT2D eigenvalue weighted by molar-refractivity contribution is -0.124. The molecule has 154 valence electrons. The van der Waals surface area contributed by atoms with Gasteiger partial charge in [0, 0.05) is 12.0 Å². The molecule has 3 atom stereocenters. The molecule has 1 saturated heterocycles. The molecule has 1 aromatic carbocycles. The zero-order valence-corrected chi connectivity index (χ0v) is 16.7. The zero-order chi connectivity index (χ0) is 20.3. The average Bonchev–Trinajstić information content (AvgIpc) is 2.67. The van der Waals surface area contributed by atoms with Gasteiger partial charge in [0.15, 0.2) is 5.78 Å². The van der Waals surface area contributed by atoms with E-state index >= 15 is 0 Å².